The molecule has 7 heteroatoms. The molecular formula is C13H13Cl2N3O2. The van der Waals surface area contributed by atoms with Crippen LogP contribution >= 0.6 is 23.2 Å². The highest BCUT2D eigenvalue weighted by molar-refractivity contribution is 6.42. The summed E-state index contributed by atoms with van der Waals surface area (Å²) in [5, 5.41) is 3.62. The predicted molar refractivity (Wildman–Crippen MR) is 77.0 cm³/mol. The lowest BCUT2D eigenvalue weighted by Crippen LogP contribution is -2.24. The van der Waals surface area contributed by atoms with Gasteiger partial charge in [0.1, 0.15) is 11.6 Å². The van der Waals surface area contributed by atoms with Crippen LogP contribution in [0.3, 0.4) is 0 Å². The van der Waals surface area contributed by atoms with Crippen molar-refractivity contribution in [3.8, 4) is 5.75 Å². The number of amides is 1. The Kier molecular flexibility index (Phi) is 5.26. The van der Waals surface area contributed by atoms with Gasteiger partial charge in [0.2, 0.25) is 5.91 Å². The Morgan fingerprint density at radius 3 is 2.90 bits per heavy atom. The number of aromatic amines is 1. The van der Waals surface area contributed by atoms with E-state index in [0.29, 0.717) is 28.2 Å². The van der Waals surface area contributed by atoms with E-state index >= 15 is 0 Å². The number of ether oxygens (including phenoxy) is 1. The van der Waals surface area contributed by atoms with Crippen molar-refractivity contribution in [1.82, 2.24) is 15.3 Å². The van der Waals surface area contributed by atoms with E-state index in [0.717, 1.165) is 0 Å². The summed E-state index contributed by atoms with van der Waals surface area (Å²) in [5.41, 5.74) is 0. The van der Waals surface area contributed by atoms with Gasteiger partial charge >= 0.3 is 0 Å². The highest BCUT2D eigenvalue weighted by atomic mass is 35.5. The van der Waals surface area contributed by atoms with E-state index in [1.165, 1.54) is 0 Å². The molecule has 1 heterocycles. The second kappa shape index (κ2) is 7.17. The van der Waals surface area contributed by atoms with Crippen molar-refractivity contribution in [2.24, 2.45) is 0 Å². The average Bonchev–Trinajstić information content (AvgIpc) is 2.94. The van der Waals surface area contributed by atoms with Crippen molar-refractivity contribution in [3.05, 3.63) is 46.5 Å². The van der Waals surface area contributed by atoms with Crippen molar-refractivity contribution in [3.63, 3.8) is 0 Å². The fraction of sp³-hybridized carbons (Fsp3) is 0.231. The Morgan fingerprint density at radius 2 is 2.20 bits per heavy atom. The van der Waals surface area contributed by atoms with Gasteiger partial charge in [-0.1, -0.05) is 23.2 Å². The van der Waals surface area contributed by atoms with Gasteiger partial charge in [-0.05, 0) is 12.1 Å². The molecule has 0 atom stereocenters. The molecule has 2 rings (SSSR count). The first-order valence-electron chi connectivity index (χ1n) is 5.98. The molecule has 0 spiro atoms. The van der Waals surface area contributed by atoms with Crippen LogP contribution in [0.4, 0.5) is 0 Å². The van der Waals surface area contributed by atoms with Crippen LogP contribution < -0.4 is 10.1 Å². The molecule has 0 saturated carbocycles. The van der Waals surface area contributed by atoms with Gasteiger partial charge in [0.05, 0.1) is 29.6 Å². The molecule has 0 unspecified atom stereocenters. The summed E-state index contributed by atoms with van der Waals surface area (Å²) >= 11 is 11.7. The summed E-state index contributed by atoms with van der Waals surface area (Å²) in [7, 11) is 0. The lowest BCUT2D eigenvalue weighted by Gasteiger charge is -2.07. The van der Waals surface area contributed by atoms with Crippen LogP contribution in [0.1, 0.15) is 12.2 Å². The van der Waals surface area contributed by atoms with Crippen molar-refractivity contribution in [2.45, 2.75) is 13.0 Å². The molecule has 2 N–H and O–H groups in total. The summed E-state index contributed by atoms with van der Waals surface area (Å²) < 4.78 is 5.42. The molecule has 0 fully saturated rings. The molecule has 1 aromatic carbocycles. The smallest absolute Gasteiger partial charge is 0.223 e. The van der Waals surface area contributed by atoms with Gasteiger partial charge in [-0.25, -0.2) is 4.98 Å². The summed E-state index contributed by atoms with van der Waals surface area (Å²) in [6.07, 6.45) is 3.59. The van der Waals surface area contributed by atoms with Gasteiger partial charge in [-0.15, -0.1) is 0 Å². The van der Waals surface area contributed by atoms with Crippen molar-refractivity contribution >= 4 is 29.1 Å². The minimum atomic E-state index is -0.110. The van der Waals surface area contributed by atoms with Crippen LogP contribution in [0.15, 0.2) is 30.6 Å². The van der Waals surface area contributed by atoms with E-state index in [-0.39, 0.29) is 18.9 Å². The third-order valence-corrected chi connectivity index (χ3v) is 3.24. The third-order valence-electron chi connectivity index (χ3n) is 2.50. The van der Waals surface area contributed by atoms with Gasteiger partial charge < -0.3 is 15.0 Å². The Balaban J connectivity index is 1.69. The summed E-state index contributed by atoms with van der Waals surface area (Å²) in [4.78, 5) is 18.5. The molecular weight excluding hydrogens is 301 g/mol. The summed E-state index contributed by atoms with van der Waals surface area (Å²) in [5.74, 6) is 1.18. The molecule has 0 saturated heterocycles. The molecule has 0 aliphatic heterocycles. The molecule has 1 amide bonds. The van der Waals surface area contributed by atoms with E-state index in [2.05, 4.69) is 15.3 Å². The number of hydrogen-bond donors (Lipinski definition) is 2. The zero-order chi connectivity index (χ0) is 14.4. The second-order valence-corrected chi connectivity index (χ2v) is 4.80. The number of H-pyrrole nitrogens is 1. The number of aromatic nitrogens is 2. The topological polar surface area (TPSA) is 67.0 Å². The minimum absolute atomic E-state index is 0.110. The molecule has 1 aromatic heterocycles. The molecule has 0 aliphatic rings. The molecule has 2 aromatic rings. The number of nitrogens with zero attached hydrogens (tertiary/aromatic N) is 1. The molecule has 20 heavy (non-hydrogen) atoms. The number of carbonyl (C=O) groups excluding carboxylic acids is 1. The maximum absolute atomic E-state index is 11.6. The van der Waals surface area contributed by atoms with Crippen LogP contribution in [0.25, 0.3) is 0 Å². The zero-order valence-electron chi connectivity index (χ0n) is 10.5. The second-order valence-electron chi connectivity index (χ2n) is 3.99. The average molecular weight is 314 g/mol. The summed E-state index contributed by atoms with van der Waals surface area (Å²) in [6, 6.07) is 4.97. The highest BCUT2D eigenvalue weighted by Gasteiger charge is 2.04. The van der Waals surface area contributed by atoms with Crippen molar-refractivity contribution in [1.29, 1.82) is 0 Å². The number of nitrogens with one attached hydrogen (secondary N) is 2. The number of imidazole rings is 1. The summed E-state index contributed by atoms with van der Waals surface area (Å²) in [6.45, 7) is 0.639. The van der Waals surface area contributed by atoms with Gasteiger partial charge in [0.15, 0.2) is 0 Å². The Labute approximate surface area is 126 Å². The van der Waals surface area contributed by atoms with Gasteiger partial charge in [-0.3, -0.25) is 4.79 Å². The Bertz CT molecular complexity index is 573. The first-order chi connectivity index (χ1) is 9.65. The number of halogens is 2. The third kappa shape index (κ3) is 4.43. The number of hydrogen-bond acceptors (Lipinski definition) is 3. The van der Waals surface area contributed by atoms with Crippen LogP contribution in [0.2, 0.25) is 10.0 Å². The standard InChI is InChI=1S/C13H13Cl2N3O2/c14-10-2-1-9(7-11(10)15)20-6-3-13(19)18-8-12-16-4-5-17-12/h1-2,4-5,7H,3,6,8H2,(H,16,17)(H,18,19). The van der Waals surface area contributed by atoms with E-state index in [1.807, 2.05) is 0 Å². The Morgan fingerprint density at radius 1 is 1.35 bits per heavy atom. The first kappa shape index (κ1) is 14.7. The quantitative estimate of drug-likeness (QED) is 0.861. The van der Waals surface area contributed by atoms with Crippen LogP contribution in [0, 0.1) is 0 Å². The van der Waals surface area contributed by atoms with E-state index in [9.17, 15) is 4.79 Å². The maximum Gasteiger partial charge on any atom is 0.223 e. The van der Waals surface area contributed by atoms with E-state index in [4.69, 9.17) is 27.9 Å². The Hall–Kier alpha value is -1.72. The largest absolute Gasteiger partial charge is 0.493 e. The maximum atomic E-state index is 11.6. The molecule has 106 valence electrons. The zero-order valence-corrected chi connectivity index (χ0v) is 12.0. The van der Waals surface area contributed by atoms with E-state index < -0.39 is 0 Å². The minimum Gasteiger partial charge on any atom is -0.493 e. The fourth-order valence-electron chi connectivity index (χ4n) is 1.49. The van der Waals surface area contributed by atoms with Gasteiger partial charge in [0.25, 0.3) is 0 Å². The molecule has 5 nitrogen and oxygen atoms in total. The molecule has 0 bridgehead atoms. The van der Waals surface area contributed by atoms with E-state index in [1.54, 1.807) is 30.6 Å². The normalized spacial score (nSPS) is 10.3. The monoisotopic (exact) mass is 313 g/mol. The van der Waals surface area contributed by atoms with Crippen molar-refractivity contribution in [2.75, 3.05) is 6.61 Å². The lowest BCUT2D eigenvalue weighted by molar-refractivity contribution is -0.121. The predicted octanol–water partition coefficient (Wildman–Crippen LogP) is 2.80. The van der Waals surface area contributed by atoms with Crippen molar-refractivity contribution < 1.29 is 9.53 Å². The van der Waals surface area contributed by atoms with Gasteiger partial charge in [0, 0.05) is 18.5 Å². The number of carbonyl (C=O) groups is 1. The van der Waals surface area contributed by atoms with Crippen LogP contribution in [0.5, 0.6) is 5.75 Å². The number of benzene rings is 1. The number of rotatable bonds is 6. The molecule has 0 aliphatic carbocycles. The van der Waals surface area contributed by atoms with Gasteiger partial charge in [-0.2, -0.15) is 0 Å². The van der Waals surface area contributed by atoms with Crippen LogP contribution in [-0.2, 0) is 11.3 Å². The van der Waals surface area contributed by atoms with Crippen LogP contribution in [-0.4, -0.2) is 22.5 Å². The first-order valence-corrected chi connectivity index (χ1v) is 6.73. The molecule has 0 radical (unpaired) electrons. The fourth-order valence-corrected chi connectivity index (χ4v) is 1.78. The highest BCUT2D eigenvalue weighted by Crippen LogP contribution is 2.26. The lowest BCUT2D eigenvalue weighted by atomic mass is 10.3. The SMILES string of the molecule is O=C(CCOc1ccc(Cl)c(Cl)c1)NCc1ncc[nH]1.